The largest absolute Gasteiger partial charge is 0.246 e. The lowest BCUT2D eigenvalue weighted by Gasteiger charge is -2.30. The summed E-state index contributed by atoms with van der Waals surface area (Å²) in [5.74, 6) is 0. The monoisotopic (exact) mass is 669 g/mol. The predicted octanol–water partition coefficient (Wildman–Crippen LogP) is 13.4. The molecule has 1 heteroatoms. The molecule has 53 heavy (non-hydrogen) atoms. The van der Waals surface area contributed by atoms with Crippen LogP contribution in [0.3, 0.4) is 0 Å². The molecular formula is C52H31N. The maximum Gasteiger partial charge on any atom is 0.0794 e. The highest BCUT2D eigenvalue weighted by atomic mass is 14.7. The maximum absolute atomic E-state index is 5.40. The number of rotatable bonds is 2. The van der Waals surface area contributed by atoms with Crippen molar-refractivity contribution in [2.24, 2.45) is 0 Å². The first-order chi connectivity index (χ1) is 26.3. The van der Waals surface area contributed by atoms with Crippen LogP contribution in [0.2, 0.25) is 0 Å². The summed E-state index contributed by atoms with van der Waals surface area (Å²) in [6.45, 7) is 0. The zero-order chi connectivity index (χ0) is 34.7. The summed E-state index contributed by atoms with van der Waals surface area (Å²) in [5.41, 5.74) is 17.4. The predicted molar refractivity (Wildman–Crippen MR) is 221 cm³/mol. The van der Waals surface area contributed by atoms with E-state index >= 15 is 0 Å². The molecule has 1 spiro atoms. The van der Waals surface area contributed by atoms with Gasteiger partial charge in [-0.3, -0.25) is 0 Å². The Labute approximate surface area is 307 Å². The van der Waals surface area contributed by atoms with E-state index in [4.69, 9.17) is 4.98 Å². The first-order valence-electron chi connectivity index (χ1n) is 18.5. The lowest BCUT2D eigenvalue weighted by molar-refractivity contribution is 0.794. The first-order valence-corrected chi connectivity index (χ1v) is 18.5. The average Bonchev–Trinajstić information content (AvgIpc) is 3.70. The Kier molecular flexibility index (Phi) is 5.77. The first kappa shape index (κ1) is 28.8. The minimum absolute atomic E-state index is 0.352. The van der Waals surface area contributed by atoms with Gasteiger partial charge in [0, 0.05) is 27.1 Å². The standard InChI is InChI=1S/C52H31N/c1-3-13-37-33(11-1)25-29-43-49(44-30-26-34-12-2-4-14-38(34)51(44)53-50(37)43)35-23-21-32(22-24-35)36-27-28-42-41-17-7-10-20-47(41)52(48(42)31-36)45-18-8-5-15-39(45)40-16-6-9-19-46(40)52/h1-31H. The van der Waals surface area contributed by atoms with Gasteiger partial charge in [0.15, 0.2) is 0 Å². The number of benzene rings is 9. The lowest BCUT2D eigenvalue weighted by atomic mass is 9.70. The summed E-state index contributed by atoms with van der Waals surface area (Å²) in [5, 5.41) is 7.13. The van der Waals surface area contributed by atoms with Crippen molar-refractivity contribution in [1.82, 2.24) is 4.98 Å². The molecular weight excluding hydrogens is 639 g/mol. The molecule has 0 saturated carbocycles. The highest BCUT2D eigenvalue weighted by molar-refractivity contribution is 6.21. The second kappa shape index (κ2) is 10.6. The van der Waals surface area contributed by atoms with E-state index in [2.05, 4.69) is 188 Å². The molecule has 0 amide bonds. The Morgan fingerprint density at radius 1 is 0.302 bits per heavy atom. The van der Waals surface area contributed by atoms with Crippen molar-refractivity contribution >= 4 is 43.4 Å². The van der Waals surface area contributed by atoms with Crippen molar-refractivity contribution in [3.05, 3.63) is 210 Å². The molecule has 10 aromatic rings. The van der Waals surface area contributed by atoms with Crippen LogP contribution in [0, 0.1) is 0 Å². The van der Waals surface area contributed by atoms with Crippen molar-refractivity contribution in [2.75, 3.05) is 0 Å². The van der Waals surface area contributed by atoms with Crippen molar-refractivity contribution in [3.8, 4) is 44.5 Å². The number of pyridine rings is 1. The summed E-state index contributed by atoms with van der Waals surface area (Å²) in [4.78, 5) is 5.40. The van der Waals surface area contributed by atoms with Gasteiger partial charge in [-0.1, -0.05) is 182 Å². The zero-order valence-corrected chi connectivity index (χ0v) is 28.8. The quantitative estimate of drug-likeness (QED) is 0.132. The van der Waals surface area contributed by atoms with Gasteiger partial charge in [-0.15, -0.1) is 0 Å². The molecule has 12 rings (SSSR count). The molecule has 0 atom stereocenters. The van der Waals surface area contributed by atoms with Crippen molar-refractivity contribution in [1.29, 1.82) is 0 Å². The second-order valence-electron chi connectivity index (χ2n) is 14.6. The summed E-state index contributed by atoms with van der Waals surface area (Å²) < 4.78 is 0. The Hall–Kier alpha value is -6.83. The maximum atomic E-state index is 5.40. The molecule has 1 aromatic heterocycles. The highest BCUT2D eigenvalue weighted by Gasteiger charge is 2.51. The molecule has 9 aromatic carbocycles. The van der Waals surface area contributed by atoms with Crippen LogP contribution in [0.25, 0.3) is 87.9 Å². The van der Waals surface area contributed by atoms with Crippen LogP contribution in [0.1, 0.15) is 22.3 Å². The fourth-order valence-corrected chi connectivity index (χ4v) is 9.83. The normalized spacial score (nSPS) is 13.4. The van der Waals surface area contributed by atoms with E-state index in [0.717, 1.165) is 11.0 Å². The average molecular weight is 670 g/mol. The molecule has 0 aliphatic heterocycles. The van der Waals surface area contributed by atoms with Gasteiger partial charge in [0.05, 0.1) is 16.4 Å². The molecule has 0 N–H and O–H groups in total. The smallest absolute Gasteiger partial charge is 0.0794 e. The molecule has 0 fully saturated rings. The van der Waals surface area contributed by atoms with Gasteiger partial charge in [-0.25, -0.2) is 4.98 Å². The Balaban J connectivity index is 1.06. The third-order valence-corrected chi connectivity index (χ3v) is 12.1. The van der Waals surface area contributed by atoms with E-state index in [9.17, 15) is 0 Å². The van der Waals surface area contributed by atoms with E-state index in [0.29, 0.717) is 0 Å². The van der Waals surface area contributed by atoms with Crippen LogP contribution in [0.15, 0.2) is 188 Å². The number of hydrogen-bond acceptors (Lipinski definition) is 1. The van der Waals surface area contributed by atoms with E-state index in [1.807, 2.05) is 0 Å². The van der Waals surface area contributed by atoms with E-state index < -0.39 is 0 Å². The molecule has 2 aliphatic carbocycles. The highest BCUT2D eigenvalue weighted by Crippen LogP contribution is 2.63. The van der Waals surface area contributed by atoms with Crippen molar-refractivity contribution in [3.63, 3.8) is 0 Å². The number of fused-ring (bicyclic) bond motifs is 16. The summed E-state index contributed by atoms with van der Waals surface area (Å²) >= 11 is 0. The number of aromatic nitrogens is 1. The van der Waals surface area contributed by atoms with Gasteiger partial charge in [0.25, 0.3) is 0 Å². The minimum Gasteiger partial charge on any atom is -0.246 e. The van der Waals surface area contributed by atoms with Crippen molar-refractivity contribution < 1.29 is 0 Å². The molecule has 0 radical (unpaired) electrons. The fourth-order valence-electron chi connectivity index (χ4n) is 9.83. The molecule has 1 nitrogen and oxygen atoms in total. The van der Waals surface area contributed by atoms with Crippen LogP contribution in [0.5, 0.6) is 0 Å². The Morgan fingerprint density at radius 2 is 0.736 bits per heavy atom. The molecule has 0 unspecified atom stereocenters. The lowest BCUT2D eigenvalue weighted by Crippen LogP contribution is -2.25. The van der Waals surface area contributed by atoms with Crippen LogP contribution in [0.4, 0.5) is 0 Å². The van der Waals surface area contributed by atoms with Gasteiger partial charge >= 0.3 is 0 Å². The number of hydrogen-bond donors (Lipinski definition) is 0. The van der Waals surface area contributed by atoms with Gasteiger partial charge in [0.1, 0.15) is 0 Å². The Morgan fingerprint density at radius 3 is 1.28 bits per heavy atom. The van der Waals surface area contributed by atoms with E-state index in [1.54, 1.807) is 0 Å². The van der Waals surface area contributed by atoms with Gasteiger partial charge in [-0.05, 0) is 78.0 Å². The van der Waals surface area contributed by atoms with Crippen LogP contribution >= 0.6 is 0 Å². The molecule has 2 aliphatic rings. The third kappa shape index (κ3) is 3.78. The molecule has 244 valence electrons. The summed E-state index contributed by atoms with van der Waals surface area (Å²) in [6, 6.07) is 69.7. The fraction of sp³-hybridized carbons (Fsp3) is 0.0192. The van der Waals surface area contributed by atoms with Crippen LogP contribution in [-0.2, 0) is 5.41 Å². The SMILES string of the molecule is c1ccc2c(c1)-c1ccccc1C21c2ccccc2-c2ccc(-c3ccc(-c4c5ccc6ccccc6c5nc5c4ccc4ccccc45)cc3)cc21. The number of nitrogens with zero attached hydrogens (tertiary/aromatic N) is 1. The molecule has 0 bridgehead atoms. The summed E-state index contributed by atoms with van der Waals surface area (Å²) in [6.07, 6.45) is 0. The van der Waals surface area contributed by atoms with Crippen molar-refractivity contribution in [2.45, 2.75) is 5.41 Å². The van der Waals surface area contributed by atoms with Gasteiger partial charge < -0.3 is 0 Å². The molecule has 1 heterocycles. The topological polar surface area (TPSA) is 12.9 Å². The third-order valence-electron chi connectivity index (χ3n) is 12.1. The Bertz CT molecular complexity index is 3010. The van der Waals surface area contributed by atoms with Crippen LogP contribution in [-0.4, -0.2) is 4.98 Å². The zero-order valence-electron chi connectivity index (χ0n) is 28.8. The second-order valence-corrected chi connectivity index (χ2v) is 14.6. The van der Waals surface area contributed by atoms with Gasteiger partial charge in [-0.2, -0.15) is 0 Å². The van der Waals surface area contributed by atoms with E-state index in [-0.39, 0.29) is 5.41 Å². The molecule has 0 saturated heterocycles. The minimum atomic E-state index is -0.352. The van der Waals surface area contributed by atoms with Crippen LogP contribution < -0.4 is 0 Å². The summed E-state index contributed by atoms with van der Waals surface area (Å²) in [7, 11) is 0. The van der Waals surface area contributed by atoms with Gasteiger partial charge in [0.2, 0.25) is 0 Å². The van der Waals surface area contributed by atoms with E-state index in [1.165, 1.54) is 99.1 Å².